The number of hydrogen-bond donors (Lipinski definition) is 3. The van der Waals surface area contributed by atoms with Crippen LogP contribution in [0.3, 0.4) is 0 Å². The van der Waals surface area contributed by atoms with Crippen LogP contribution in [-0.2, 0) is 11.3 Å². The molecule has 7 heteroatoms. The van der Waals surface area contributed by atoms with E-state index in [0.717, 1.165) is 37.7 Å². The monoisotopic (exact) mass is 321 g/mol. The number of pyridine rings is 1. The average Bonchev–Trinajstić information content (AvgIpc) is 2.38. The van der Waals surface area contributed by atoms with Crippen molar-refractivity contribution in [2.45, 2.75) is 44.2 Å². The second-order valence-electron chi connectivity index (χ2n) is 4.96. The predicted octanol–water partition coefficient (Wildman–Crippen LogP) is 1.50. The van der Waals surface area contributed by atoms with Gasteiger partial charge in [-0.2, -0.15) is 0 Å². The molecule has 0 saturated heterocycles. The van der Waals surface area contributed by atoms with E-state index in [1.807, 2.05) is 0 Å². The maximum atomic E-state index is 12.1. The first-order chi connectivity index (χ1) is 8.60. The number of amides is 1. The third-order valence-corrected chi connectivity index (χ3v) is 3.50. The zero-order chi connectivity index (χ0) is 13.0. The van der Waals surface area contributed by atoms with E-state index in [1.165, 1.54) is 6.07 Å². The molecule has 0 radical (unpaired) electrons. The third kappa shape index (κ3) is 4.81. The molecule has 0 atom stereocenters. The lowest BCUT2D eigenvalue weighted by Gasteiger charge is -2.31. The van der Waals surface area contributed by atoms with Crippen LogP contribution in [0.4, 0.5) is 0 Å². The molecule has 1 fully saturated rings. The van der Waals surface area contributed by atoms with E-state index in [4.69, 9.17) is 5.73 Å². The number of carbonyl (C=O) groups excluding carboxylic acids is 1. The van der Waals surface area contributed by atoms with Crippen molar-refractivity contribution in [3.8, 4) is 0 Å². The molecular formula is C13H21Cl2N3O2. The summed E-state index contributed by atoms with van der Waals surface area (Å²) in [6.45, 7) is 0.397. The van der Waals surface area contributed by atoms with Gasteiger partial charge < -0.3 is 16.0 Å². The predicted molar refractivity (Wildman–Crippen MR) is 83.4 cm³/mol. The summed E-state index contributed by atoms with van der Waals surface area (Å²) in [5, 5.41) is 2.84. The van der Waals surface area contributed by atoms with Gasteiger partial charge in [0.05, 0.1) is 5.54 Å². The van der Waals surface area contributed by atoms with Crippen LogP contribution in [0.2, 0.25) is 0 Å². The summed E-state index contributed by atoms with van der Waals surface area (Å²) in [7, 11) is 0. The highest BCUT2D eigenvalue weighted by Crippen LogP contribution is 2.25. The zero-order valence-electron chi connectivity index (χ0n) is 11.2. The van der Waals surface area contributed by atoms with Crippen LogP contribution in [0, 0.1) is 0 Å². The van der Waals surface area contributed by atoms with E-state index in [0.29, 0.717) is 6.54 Å². The lowest BCUT2D eigenvalue weighted by atomic mass is 9.82. The van der Waals surface area contributed by atoms with Crippen molar-refractivity contribution in [2.24, 2.45) is 5.73 Å². The molecule has 2 rings (SSSR count). The number of hydrogen-bond acceptors (Lipinski definition) is 3. The van der Waals surface area contributed by atoms with Crippen molar-refractivity contribution >= 4 is 30.7 Å². The summed E-state index contributed by atoms with van der Waals surface area (Å²) in [5.41, 5.74) is 6.13. The number of H-pyrrole nitrogens is 1. The van der Waals surface area contributed by atoms with Crippen molar-refractivity contribution in [2.75, 3.05) is 0 Å². The molecule has 0 spiro atoms. The van der Waals surface area contributed by atoms with Crippen LogP contribution >= 0.6 is 24.8 Å². The molecule has 1 aliphatic carbocycles. The Hall–Kier alpha value is -1.04. The largest absolute Gasteiger partial charge is 0.350 e. The fourth-order valence-corrected chi connectivity index (χ4v) is 2.32. The first kappa shape index (κ1) is 19.0. The molecule has 1 aromatic heterocycles. The van der Waals surface area contributed by atoms with E-state index in [2.05, 4.69) is 10.3 Å². The fourth-order valence-electron chi connectivity index (χ4n) is 2.32. The van der Waals surface area contributed by atoms with E-state index in [9.17, 15) is 9.59 Å². The van der Waals surface area contributed by atoms with Gasteiger partial charge in [-0.25, -0.2) is 0 Å². The zero-order valence-corrected chi connectivity index (χ0v) is 12.8. The Morgan fingerprint density at radius 3 is 2.45 bits per heavy atom. The van der Waals surface area contributed by atoms with Gasteiger partial charge in [0.2, 0.25) is 11.5 Å². The van der Waals surface area contributed by atoms with Gasteiger partial charge in [0.25, 0.3) is 0 Å². The molecule has 1 aliphatic rings. The molecule has 0 aromatic carbocycles. The lowest BCUT2D eigenvalue weighted by molar-refractivity contribution is -0.127. The molecule has 1 amide bonds. The smallest absolute Gasteiger partial charge is 0.247 e. The Bertz CT molecular complexity index is 464. The Morgan fingerprint density at radius 2 is 1.90 bits per heavy atom. The van der Waals surface area contributed by atoms with Gasteiger partial charge in [0, 0.05) is 18.8 Å². The highest BCUT2D eigenvalue weighted by atomic mass is 35.5. The van der Waals surface area contributed by atoms with Gasteiger partial charge >= 0.3 is 0 Å². The van der Waals surface area contributed by atoms with Gasteiger partial charge in [-0.05, 0) is 18.4 Å². The molecular weight excluding hydrogens is 301 g/mol. The SMILES string of the molecule is Cl.Cl.NC1(C(=O)NCc2ccc(=O)[nH]c2)CCCCC1. The summed E-state index contributed by atoms with van der Waals surface area (Å²) < 4.78 is 0. The van der Waals surface area contributed by atoms with Gasteiger partial charge in [-0.15, -0.1) is 24.8 Å². The second-order valence-corrected chi connectivity index (χ2v) is 4.96. The maximum absolute atomic E-state index is 12.1. The van der Waals surface area contributed by atoms with Gasteiger partial charge in [0.1, 0.15) is 0 Å². The number of aromatic nitrogens is 1. The molecule has 114 valence electrons. The molecule has 0 unspecified atom stereocenters. The van der Waals surface area contributed by atoms with Crippen molar-refractivity contribution < 1.29 is 4.79 Å². The molecule has 0 aliphatic heterocycles. The standard InChI is InChI=1S/C13H19N3O2.2ClH/c14-13(6-2-1-3-7-13)12(18)16-9-10-4-5-11(17)15-8-10;;/h4-5,8H,1-3,6-7,9,14H2,(H,15,17)(H,16,18);2*1H. The van der Waals surface area contributed by atoms with E-state index in [1.54, 1.807) is 12.3 Å². The molecule has 5 nitrogen and oxygen atoms in total. The van der Waals surface area contributed by atoms with Crippen molar-refractivity contribution in [1.29, 1.82) is 0 Å². The summed E-state index contributed by atoms with van der Waals surface area (Å²) in [6, 6.07) is 3.14. The number of halogens is 2. The molecule has 1 heterocycles. The minimum Gasteiger partial charge on any atom is -0.350 e. The van der Waals surface area contributed by atoms with Crippen molar-refractivity contribution in [3.63, 3.8) is 0 Å². The van der Waals surface area contributed by atoms with Gasteiger partial charge in [-0.1, -0.05) is 25.3 Å². The summed E-state index contributed by atoms with van der Waals surface area (Å²) in [5.74, 6) is -0.0894. The minimum atomic E-state index is -0.708. The Morgan fingerprint density at radius 1 is 1.25 bits per heavy atom. The molecule has 1 saturated carbocycles. The van der Waals surface area contributed by atoms with Crippen LogP contribution in [0.1, 0.15) is 37.7 Å². The van der Waals surface area contributed by atoms with Crippen LogP contribution in [-0.4, -0.2) is 16.4 Å². The normalized spacial score (nSPS) is 16.4. The van der Waals surface area contributed by atoms with E-state index >= 15 is 0 Å². The minimum absolute atomic E-state index is 0. The van der Waals surface area contributed by atoms with Crippen LogP contribution in [0.5, 0.6) is 0 Å². The quantitative estimate of drug-likeness (QED) is 0.788. The van der Waals surface area contributed by atoms with Crippen molar-refractivity contribution in [3.05, 3.63) is 34.2 Å². The number of carbonyl (C=O) groups is 1. The number of nitrogens with one attached hydrogen (secondary N) is 2. The van der Waals surface area contributed by atoms with Gasteiger partial charge in [0.15, 0.2) is 0 Å². The average molecular weight is 322 g/mol. The second kappa shape index (κ2) is 8.29. The fraction of sp³-hybridized carbons (Fsp3) is 0.538. The molecule has 0 bridgehead atoms. The molecule has 4 N–H and O–H groups in total. The Balaban J connectivity index is 0.00000180. The number of rotatable bonds is 3. The van der Waals surface area contributed by atoms with Crippen LogP contribution in [0.25, 0.3) is 0 Å². The van der Waals surface area contributed by atoms with Crippen molar-refractivity contribution in [1.82, 2.24) is 10.3 Å². The lowest BCUT2D eigenvalue weighted by Crippen LogP contribution is -2.54. The number of nitrogens with two attached hydrogens (primary N) is 1. The Kier molecular flexibility index (Phi) is 7.86. The highest BCUT2D eigenvalue weighted by molar-refractivity contribution is 5.86. The van der Waals surface area contributed by atoms with Gasteiger partial charge in [-0.3, -0.25) is 9.59 Å². The topological polar surface area (TPSA) is 88.0 Å². The Labute approximate surface area is 130 Å². The molecule has 1 aromatic rings. The summed E-state index contributed by atoms with van der Waals surface area (Å²) in [6.07, 6.45) is 6.30. The van der Waals surface area contributed by atoms with Crippen LogP contribution in [0.15, 0.2) is 23.1 Å². The summed E-state index contributed by atoms with van der Waals surface area (Å²) >= 11 is 0. The maximum Gasteiger partial charge on any atom is 0.247 e. The summed E-state index contributed by atoms with van der Waals surface area (Å²) in [4.78, 5) is 25.5. The number of aromatic amines is 1. The van der Waals surface area contributed by atoms with E-state index < -0.39 is 5.54 Å². The van der Waals surface area contributed by atoms with Crippen LogP contribution < -0.4 is 16.6 Å². The third-order valence-electron chi connectivity index (χ3n) is 3.50. The first-order valence-electron chi connectivity index (χ1n) is 6.35. The molecule has 20 heavy (non-hydrogen) atoms. The first-order valence-corrected chi connectivity index (χ1v) is 6.35. The van der Waals surface area contributed by atoms with E-state index in [-0.39, 0.29) is 36.3 Å². The highest BCUT2D eigenvalue weighted by Gasteiger charge is 2.34.